The third-order valence-corrected chi connectivity index (χ3v) is 5.91. The van der Waals surface area contributed by atoms with Gasteiger partial charge in [0.15, 0.2) is 5.96 Å². The molecule has 0 bridgehead atoms. The zero-order chi connectivity index (χ0) is 22.3. The molecule has 2 aliphatic rings. The summed E-state index contributed by atoms with van der Waals surface area (Å²) in [6, 6.07) is 10.8. The molecule has 0 saturated carbocycles. The van der Waals surface area contributed by atoms with Crippen molar-refractivity contribution >= 4 is 12.1 Å². The molecule has 1 unspecified atom stereocenters. The van der Waals surface area contributed by atoms with Crippen LogP contribution in [-0.2, 0) is 14.9 Å². The van der Waals surface area contributed by atoms with Crippen molar-refractivity contribution in [3.63, 3.8) is 0 Å². The standard InChI is InChI=1S/C24H38N4O3/c1-5-25-21(28-14-11-20(17-28)27-22(29)31-23(2,3)4)26-18-24(12-15-30-16-13-24)19-9-7-6-8-10-19/h6-10,20H,5,11-18H2,1-4H3,(H,25,26)(H,27,29). The summed E-state index contributed by atoms with van der Waals surface area (Å²) in [6.07, 6.45) is 2.47. The second-order valence-corrected chi connectivity index (χ2v) is 9.51. The number of benzene rings is 1. The Morgan fingerprint density at radius 1 is 1.26 bits per heavy atom. The largest absolute Gasteiger partial charge is 0.444 e. The van der Waals surface area contributed by atoms with E-state index < -0.39 is 5.60 Å². The van der Waals surface area contributed by atoms with Crippen LogP contribution in [0, 0.1) is 0 Å². The maximum Gasteiger partial charge on any atom is 0.407 e. The minimum Gasteiger partial charge on any atom is -0.444 e. The molecule has 1 amide bonds. The Balaban J connectivity index is 1.67. The maximum absolute atomic E-state index is 12.1. The molecule has 2 fully saturated rings. The second kappa shape index (κ2) is 10.4. The number of carbonyl (C=O) groups is 1. The molecule has 2 N–H and O–H groups in total. The summed E-state index contributed by atoms with van der Waals surface area (Å²) >= 11 is 0. The van der Waals surface area contributed by atoms with Crippen molar-refractivity contribution < 1.29 is 14.3 Å². The van der Waals surface area contributed by atoms with Crippen molar-refractivity contribution in [1.82, 2.24) is 15.5 Å². The van der Waals surface area contributed by atoms with Crippen molar-refractivity contribution in [2.45, 2.75) is 64.0 Å². The third kappa shape index (κ3) is 6.60. The van der Waals surface area contributed by atoms with Gasteiger partial charge in [-0.05, 0) is 52.5 Å². The van der Waals surface area contributed by atoms with Gasteiger partial charge in [0.1, 0.15) is 5.60 Å². The number of amides is 1. The van der Waals surface area contributed by atoms with Crippen LogP contribution in [-0.4, -0.2) is 68.0 Å². The average Bonchev–Trinajstić information content (AvgIpc) is 3.19. The fourth-order valence-corrected chi connectivity index (χ4v) is 4.29. The van der Waals surface area contributed by atoms with E-state index in [-0.39, 0.29) is 17.6 Å². The van der Waals surface area contributed by atoms with Gasteiger partial charge in [-0.15, -0.1) is 0 Å². The molecule has 31 heavy (non-hydrogen) atoms. The van der Waals surface area contributed by atoms with Gasteiger partial charge in [0, 0.05) is 38.3 Å². The average molecular weight is 431 g/mol. The zero-order valence-corrected chi connectivity index (χ0v) is 19.4. The summed E-state index contributed by atoms with van der Waals surface area (Å²) in [5.74, 6) is 0.915. The lowest BCUT2D eigenvalue weighted by Gasteiger charge is -2.37. The predicted octanol–water partition coefficient (Wildman–Crippen LogP) is 3.30. The minimum absolute atomic E-state index is 0.00801. The Morgan fingerprint density at radius 2 is 1.97 bits per heavy atom. The van der Waals surface area contributed by atoms with Gasteiger partial charge >= 0.3 is 6.09 Å². The molecule has 0 aromatic heterocycles. The van der Waals surface area contributed by atoms with E-state index in [0.717, 1.165) is 64.6 Å². The number of nitrogens with one attached hydrogen (secondary N) is 2. The predicted molar refractivity (Wildman–Crippen MR) is 123 cm³/mol. The smallest absolute Gasteiger partial charge is 0.407 e. The van der Waals surface area contributed by atoms with Crippen molar-refractivity contribution in [1.29, 1.82) is 0 Å². The number of hydrogen-bond acceptors (Lipinski definition) is 4. The summed E-state index contributed by atoms with van der Waals surface area (Å²) < 4.78 is 11.1. The first-order valence-corrected chi connectivity index (χ1v) is 11.5. The van der Waals surface area contributed by atoms with Crippen LogP contribution in [0.5, 0.6) is 0 Å². The van der Waals surface area contributed by atoms with Crippen molar-refractivity contribution in [2.75, 3.05) is 39.4 Å². The Hall–Kier alpha value is -2.28. The number of alkyl carbamates (subject to hydrolysis) is 1. The molecule has 172 valence electrons. The molecule has 1 aromatic carbocycles. The van der Waals surface area contributed by atoms with E-state index in [4.69, 9.17) is 14.5 Å². The molecule has 3 rings (SSSR count). The molecule has 1 aromatic rings. The molecule has 7 heteroatoms. The molecule has 2 aliphatic heterocycles. The van der Waals surface area contributed by atoms with Crippen LogP contribution in [0.4, 0.5) is 4.79 Å². The quantitative estimate of drug-likeness (QED) is 0.554. The Bertz CT molecular complexity index is 739. The van der Waals surface area contributed by atoms with Crippen LogP contribution >= 0.6 is 0 Å². The molecule has 1 atom stereocenters. The number of hydrogen-bond donors (Lipinski definition) is 2. The highest BCUT2D eigenvalue weighted by molar-refractivity contribution is 5.80. The topological polar surface area (TPSA) is 75.2 Å². The van der Waals surface area contributed by atoms with Gasteiger partial charge in [-0.1, -0.05) is 30.3 Å². The Kier molecular flexibility index (Phi) is 7.81. The van der Waals surface area contributed by atoms with Crippen molar-refractivity contribution in [3.8, 4) is 0 Å². The Labute approximate surface area is 186 Å². The number of carbonyl (C=O) groups excluding carboxylic acids is 1. The van der Waals surface area contributed by atoms with E-state index >= 15 is 0 Å². The molecular formula is C24H38N4O3. The first kappa shape index (κ1) is 23.4. The summed E-state index contributed by atoms with van der Waals surface area (Å²) in [5, 5.41) is 6.44. The second-order valence-electron chi connectivity index (χ2n) is 9.51. The third-order valence-electron chi connectivity index (χ3n) is 5.91. The van der Waals surface area contributed by atoms with Crippen LogP contribution in [0.1, 0.15) is 52.5 Å². The number of rotatable bonds is 5. The summed E-state index contributed by atoms with van der Waals surface area (Å²) in [5.41, 5.74) is 0.853. The summed E-state index contributed by atoms with van der Waals surface area (Å²) in [7, 11) is 0. The number of guanidine groups is 1. The van der Waals surface area contributed by atoms with Gasteiger partial charge in [0.05, 0.1) is 12.6 Å². The van der Waals surface area contributed by atoms with E-state index in [1.807, 2.05) is 20.8 Å². The van der Waals surface area contributed by atoms with Crippen molar-refractivity contribution in [3.05, 3.63) is 35.9 Å². The number of nitrogens with zero attached hydrogens (tertiary/aromatic N) is 2. The van der Waals surface area contributed by atoms with Crippen LogP contribution < -0.4 is 10.6 Å². The van der Waals surface area contributed by atoms with Gasteiger partial charge in [-0.2, -0.15) is 0 Å². The van der Waals surface area contributed by atoms with Crippen LogP contribution in [0.15, 0.2) is 35.3 Å². The summed E-state index contributed by atoms with van der Waals surface area (Å²) in [6.45, 7) is 12.4. The summed E-state index contributed by atoms with van der Waals surface area (Å²) in [4.78, 5) is 19.5. The normalized spacial score (nSPS) is 21.6. The van der Waals surface area contributed by atoms with E-state index in [9.17, 15) is 4.79 Å². The minimum atomic E-state index is -0.492. The van der Waals surface area contributed by atoms with Gasteiger partial charge in [0.25, 0.3) is 0 Å². The van der Waals surface area contributed by atoms with E-state index in [1.165, 1.54) is 5.56 Å². The van der Waals surface area contributed by atoms with Gasteiger partial charge in [-0.25, -0.2) is 4.79 Å². The molecule has 2 heterocycles. The highest BCUT2D eigenvalue weighted by Gasteiger charge is 2.35. The van der Waals surface area contributed by atoms with Gasteiger partial charge < -0.3 is 25.0 Å². The number of ether oxygens (including phenoxy) is 2. The molecule has 0 radical (unpaired) electrons. The lowest BCUT2D eigenvalue weighted by atomic mass is 9.74. The first-order valence-electron chi connectivity index (χ1n) is 11.5. The number of aliphatic imine (C=N–C) groups is 1. The molecule has 7 nitrogen and oxygen atoms in total. The highest BCUT2D eigenvalue weighted by Crippen LogP contribution is 2.35. The highest BCUT2D eigenvalue weighted by atomic mass is 16.6. The van der Waals surface area contributed by atoms with Crippen molar-refractivity contribution in [2.24, 2.45) is 4.99 Å². The first-order chi connectivity index (χ1) is 14.8. The van der Waals surface area contributed by atoms with Gasteiger partial charge in [0.2, 0.25) is 0 Å². The van der Waals surface area contributed by atoms with E-state index in [1.54, 1.807) is 0 Å². The van der Waals surface area contributed by atoms with Crippen LogP contribution in [0.3, 0.4) is 0 Å². The van der Waals surface area contributed by atoms with E-state index in [2.05, 4.69) is 52.8 Å². The number of likely N-dealkylation sites (tertiary alicyclic amines) is 1. The fourth-order valence-electron chi connectivity index (χ4n) is 4.29. The lowest BCUT2D eigenvalue weighted by molar-refractivity contribution is 0.0507. The SMILES string of the molecule is CCNC(=NCC1(c2ccccc2)CCOCC1)N1CCC(NC(=O)OC(C)(C)C)C1. The molecular weight excluding hydrogens is 392 g/mol. The van der Waals surface area contributed by atoms with E-state index in [0.29, 0.717) is 0 Å². The van der Waals surface area contributed by atoms with Crippen LogP contribution in [0.25, 0.3) is 0 Å². The Morgan fingerprint density at radius 3 is 2.61 bits per heavy atom. The monoisotopic (exact) mass is 430 g/mol. The molecule has 0 spiro atoms. The maximum atomic E-state index is 12.1. The molecule has 2 saturated heterocycles. The fraction of sp³-hybridized carbons (Fsp3) is 0.667. The van der Waals surface area contributed by atoms with Gasteiger partial charge in [-0.3, -0.25) is 4.99 Å². The molecule has 0 aliphatic carbocycles. The van der Waals surface area contributed by atoms with Crippen LogP contribution in [0.2, 0.25) is 0 Å². The zero-order valence-electron chi connectivity index (χ0n) is 19.4. The lowest BCUT2D eigenvalue weighted by Crippen LogP contribution is -2.45.